The zero-order chi connectivity index (χ0) is 23.0. The minimum absolute atomic E-state index is 0.0533. The van der Waals surface area contributed by atoms with Crippen molar-refractivity contribution >= 4 is 23.2 Å². The molecule has 0 bridgehead atoms. The molecule has 2 aromatic carbocycles. The summed E-state index contributed by atoms with van der Waals surface area (Å²) in [5, 5.41) is 1.67. The number of hydrogen-bond donors (Lipinski definition) is 2. The summed E-state index contributed by atoms with van der Waals surface area (Å²) in [6.07, 6.45) is -17.4. The number of hydrogen-bond acceptors (Lipinski definition) is 2. The van der Waals surface area contributed by atoms with Crippen molar-refractivity contribution in [1.82, 2.24) is 5.32 Å². The predicted octanol–water partition coefficient (Wildman–Crippen LogP) is 6.02. The lowest BCUT2D eigenvalue weighted by Crippen LogP contribution is -2.72. The molecule has 0 spiro atoms. The molecule has 164 valence electrons. The summed E-state index contributed by atoms with van der Waals surface area (Å²) < 4.78 is 120. The molecule has 0 heterocycles. The largest absolute Gasteiger partial charge is 0.439 e. The van der Waals surface area contributed by atoms with Gasteiger partial charge in [-0.3, -0.25) is 4.79 Å². The van der Waals surface area contributed by atoms with Crippen molar-refractivity contribution < 1.29 is 44.3 Å². The smallest absolute Gasteiger partial charge is 0.348 e. The van der Waals surface area contributed by atoms with Gasteiger partial charge in [-0.15, -0.1) is 0 Å². The van der Waals surface area contributed by atoms with E-state index in [0.29, 0.717) is 18.2 Å². The molecule has 0 aromatic heterocycles. The summed E-state index contributed by atoms with van der Waals surface area (Å²) in [4.78, 5) is 12.1. The normalized spacial score (nSPS) is 13.1. The van der Waals surface area contributed by atoms with Crippen LogP contribution in [0.15, 0.2) is 48.5 Å². The van der Waals surface area contributed by atoms with Gasteiger partial charge in [0.05, 0.1) is 5.56 Å². The fourth-order valence-corrected chi connectivity index (χ4v) is 2.53. The third kappa shape index (κ3) is 4.91. The Balaban J connectivity index is 2.56. The number of halogens is 10. The third-order valence-electron chi connectivity index (χ3n) is 3.76. The summed E-state index contributed by atoms with van der Waals surface area (Å²) in [6.45, 7) is 0. The Morgan fingerprint density at radius 1 is 0.800 bits per heavy atom. The Morgan fingerprint density at radius 3 is 1.87 bits per heavy atom. The average molecular weight is 465 g/mol. The standard InChI is InChI=1S/C17H10ClF9N2O/c18-11-5-1-3-9(7-11)13(30)29-15(16(22,23)24,17(25,26)27)28-12-6-2-4-10(8-12)14(19,20)21/h1-8,28H,(H,29,30). The van der Waals surface area contributed by atoms with E-state index in [4.69, 9.17) is 11.6 Å². The molecule has 2 aromatic rings. The van der Waals surface area contributed by atoms with Crippen LogP contribution in [-0.4, -0.2) is 23.9 Å². The van der Waals surface area contributed by atoms with E-state index in [0.717, 1.165) is 28.8 Å². The first-order valence-corrected chi connectivity index (χ1v) is 8.11. The second-order valence-corrected chi connectivity index (χ2v) is 6.35. The van der Waals surface area contributed by atoms with E-state index in [1.807, 2.05) is 0 Å². The summed E-state index contributed by atoms with van der Waals surface area (Å²) in [5.74, 6) is -1.81. The predicted molar refractivity (Wildman–Crippen MR) is 88.8 cm³/mol. The van der Waals surface area contributed by atoms with Crippen molar-refractivity contribution in [2.75, 3.05) is 5.32 Å². The summed E-state index contributed by atoms with van der Waals surface area (Å²) in [7, 11) is 0. The van der Waals surface area contributed by atoms with Crippen LogP contribution in [0.3, 0.4) is 0 Å². The molecule has 0 atom stereocenters. The maximum Gasteiger partial charge on any atom is 0.439 e. The van der Waals surface area contributed by atoms with Crippen molar-refractivity contribution in [3.63, 3.8) is 0 Å². The highest BCUT2D eigenvalue weighted by molar-refractivity contribution is 6.30. The Morgan fingerprint density at radius 2 is 1.37 bits per heavy atom. The van der Waals surface area contributed by atoms with Gasteiger partial charge >= 0.3 is 24.2 Å². The number of alkyl halides is 9. The van der Waals surface area contributed by atoms with Crippen LogP contribution in [0.25, 0.3) is 0 Å². The quantitative estimate of drug-likeness (QED) is 0.429. The molecule has 0 radical (unpaired) electrons. The van der Waals surface area contributed by atoms with E-state index in [1.54, 1.807) is 0 Å². The molecule has 2 N–H and O–H groups in total. The van der Waals surface area contributed by atoms with E-state index in [-0.39, 0.29) is 11.1 Å². The molecule has 0 saturated heterocycles. The highest BCUT2D eigenvalue weighted by Gasteiger charge is 2.72. The average Bonchev–Trinajstić information content (AvgIpc) is 2.58. The zero-order valence-electron chi connectivity index (χ0n) is 14.3. The number of carbonyl (C=O) groups excluding carboxylic acids is 1. The van der Waals surface area contributed by atoms with Crippen molar-refractivity contribution in [3.8, 4) is 0 Å². The van der Waals surface area contributed by atoms with Crippen LogP contribution in [0, 0.1) is 0 Å². The zero-order valence-corrected chi connectivity index (χ0v) is 15.1. The van der Waals surface area contributed by atoms with E-state index in [2.05, 4.69) is 0 Å². The van der Waals surface area contributed by atoms with Crippen molar-refractivity contribution in [2.45, 2.75) is 24.2 Å². The van der Waals surface area contributed by atoms with Crippen LogP contribution in [-0.2, 0) is 6.18 Å². The van der Waals surface area contributed by atoms with Crippen LogP contribution >= 0.6 is 11.6 Å². The van der Waals surface area contributed by atoms with E-state index >= 15 is 0 Å². The molecule has 30 heavy (non-hydrogen) atoms. The number of carbonyl (C=O) groups is 1. The van der Waals surface area contributed by atoms with Gasteiger partial charge in [0.15, 0.2) is 0 Å². The molecule has 1 amide bonds. The highest BCUT2D eigenvalue weighted by Crippen LogP contribution is 2.44. The van der Waals surface area contributed by atoms with Gasteiger partial charge in [0.1, 0.15) is 0 Å². The van der Waals surface area contributed by atoms with Gasteiger partial charge < -0.3 is 10.6 Å². The monoisotopic (exact) mass is 464 g/mol. The Bertz CT molecular complexity index is 908. The van der Waals surface area contributed by atoms with E-state index in [9.17, 15) is 44.3 Å². The van der Waals surface area contributed by atoms with Crippen LogP contribution in [0.2, 0.25) is 5.02 Å². The lowest BCUT2D eigenvalue weighted by molar-refractivity contribution is -0.294. The second-order valence-electron chi connectivity index (χ2n) is 5.91. The molecular formula is C17H10ClF9N2O. The fraction of sp³-hybridized carbons (Fsp3) is 0.235. The summed E-state index contributed by atoms with van der Waals surface area (Å²) in [6, 6.07) is 5.74. The van der Waals surface area contributed by atoms with Crippen LogP contribution < -0.4 is 10.6 Å². The molecule has 0 aliphatic heterocycles. The first kappa shape index (κ1) is 23.6. The first-order chi connectivity index (χ1) is 13.6. The molecule has 0 unspecified atom stereocenters. The number of rotatable bonds is 4. The molecule has 0 fully saturated rings. The van der Waals surface area contributed by atoms with Crippen LogP contribution in [0.5, 0.6) is 0 Å². The molecular weight excluding hydrogens is 455 g/mol. The van der Waals surface area contributed by atoms with Crippen molar-refractivity contribution in [3.05, 3.63) is 64.7 Å². The van der Waals surface area contributed by atoms with Gasteiger partial charge in [0, 0.05) is 16.3 Å². The SMILES string of the molecule is O=C(NC(Nc1cccc(C(F)(F)F)c1)(C(F)(F)F)C(F)(F)F)c1cccc(Cl)c1. The molecule has 2 rings (SSSR count). The summed E-state index contributed by atoms with van der Waals surface area (Å²) >= 11 is 5.58. The topological polar surface area (TPSA) is 41.1 Å². The van der Waals surface area contributed by atoms with Gasteiger partial charge in [-0.25, -0.2) is 0 Å². The first-order valence-electron chi connectivity index (χ1n) is 7.74. The van der Waals surface area contributed by atoms with Gasteiger partial charge in [0.2, 0.25) is 0 Å². The minimum Gasteiger partial charge on any atom is -0.348 e. The van der Waals surface area contributed by atoms with E-state index in [1.165, 1.54) is 6.07 Å². The number of anilines is 1. The second kappa shape index (κ2) is 7.89. The molecule has 13 heteroatoms. The number of benzene rings is 2. The van der Waals surface area contributed by atoms with E-state index < -0.39 is 46.9 Å². The minimum atomic E-state index is -6.20. The maximum atomic E-state index is 13.6. The maximum absolute atomic E-state index is 13.6. The Labute approximate surface area is 167 Å². The van der Waals surface area contributed by atoms with Crippen molar-refractivity contribution in [1.29, 1.82) is 0 Å². The van der Waals surface area contributed by atoms with Crippen LogP contribution in [0.1, 0.15) is 15.9 Å². The highest BCUT2D eigenvalue weighted by atomic mass is 35.5. The lowest BCUT2D eigenvalue weighted by atomic mass is 10.1. The van der Waals surface area contributed by atoms with Crippen molar-refractivity contribution in [2.24, 2.45) is 0 Å². The van der Waals surface area contributed by atoms with Gasteiger partial charge in [-0.1, -0.05) is 23.7 Å². The molecule has 3 nitrogen and oxygen atoms in total. The lowest BCUT2D eigenvalue weighted by Gasteiger charge is -2.39. The molecule has 0 aliphatic carbocycles. The van der Waals surface area contributed by atoms with Gasteiger partial charge in [-0.05, 0) is 36.4 Å². The summed E-state index contributed by atoms with van der Waals surface area (Å²) in [5.41, 5.74) is -8.40. The molecule has 0 saturated carbocycles. The molecule has 0 aliphatic rings. The van der Waals surface area contributed by atoms with Gasteiger partial charge in [0.25, 0.3) is 5.91 Å². The van der Waals surface area contributed by atoms with Crippen LogP contribution in [0.4, 0.5) is 45.2 Å². The fourth-order valence-electron chi connectivity index (χ4n) is 2.34. The number of nitrogens with one attached hydrogen (secondary N) is 2. The number of amides is 1. The Hall–Kier alpha value is -2.63. The third-order valence-corrected chi connectivity index (χ3v) is 4.00. The Kier molecular flexibility index (Phi) is 6.22. The van der Waals surface area contributed by atoms with Gasteiger partial charge in [-0.2, -0.15) is 39.5 Å².